The summed E-state index contributed by atoms with van der Waals surface area (Å²) in [4.78, 5) is 37.5. The molecule has 3 amide bonds. The summed E-state index contributed by atoms with van der Waals surface area (Å²) < 4.78 is 0. The number of likely N-dealkylation sites (N-methyl/N-ethyl adjacent to an activating group) is 2. The van der Waals surface area contributed by atoms with Gasteiger partial charge in [-0.15, -0.1) is 0 Å². The maximum Gasteiger partial charge on any atom is 0.325 e. The molecule has 2 atom stereocenters. The Morgan fingerprint density at radius 1 is 1.21 bits per heavy atom. The molecule has 8 heteroatoms. The number of carbonyl (C=O) groups is 2. The Labute approximate surface area is 143 Å². The minimum atomic E-state index is -0.427. The molecular formula is C16H28N6O2. The number of carbonyl (C=O) groups excluding carboxylic acids is 2. The lowest BCUT2D eigenvalue weighted by molar-refractivity contribution is -0.127. The van der Waals surface area contributed by atoms with Crippen LogP contribution in [0.15, 0.2) is 4.99 Å². The molecule has 3 heterocycles. The summed E-state index contributed by atoms with van der Waals surface area (Å²) in [6, 6.07) is -0.791. The smallest absolute Gasteiger partial charge is 0.325 e. The minimum absolute atomic E-state index is 0.241. The predicted molar refractivity (Wildman–Crippen MR) is 91.5 cm³/mol. The number of hydrogen-bond donors (Lipinski definition) is 1. The summed E-state index contributed by atoms with van der Waals surface area (Å²) in [6.07, 6.45) is -0.427. The van der Waals surface area contributed by atoms with Crippen LogP contribution in [0.1, 0.15) is 20.8 Å². The Morgan fingerprint density at radius 2 is 1.88 bits per heavy atom. The summed E-state index contributed by atoms with van der Waals surface area (Å²) in [7, 11) is 1.70. The summed E-state index contributed by atoms with van der Waals surface area (Å²) in [6.45, 7) is 12.1. The van der Waals surface area contributed by atoms with Crippen molar-refractivity contribution in [3.63, 3.8) is 0 Å². The van der Waals surface area contributed by atoms with E-state index in [1.54, 1.807) is 7.05 Å². The van der Waals surface area contributed by atoms with Crippen LogP contribution in [0.5, 0.6) is 0 Å². The van der Waals surface area contributed by atoms with Crippen LogP contribution in [-0.2, 0) is 4.79 Å². The van der Waals surface area contributed by atoms with Crippen LogP contribution >= 0.6 is 0 Å². The number of fused-ring (bicyclic) bond motifs is 1. The van der Waals surface area contributed by atoms with E-state index in [1.807, 2.05) is 0 Å². The lowest BCUT2D eigenvalue weighted by Crippen LogP contribution is -2.65. The molecule has 3 rings (SSSR count). The van der Waals surface area contributed by atoms with Crippen LogP contribution in [-0.4, -0.2) is 96.0 Å². The van der Waals surface area contributed by atoms with Gasteiger partial charge in [-0.05, 0) is 12.5 Å². The van der Waals surface area contributed by atoms with E-state index in [0.29, 0.717) is 5.92 Å². The van der Waals surface area contributed by atoms with Gasteiger partial charge in [-0.2, -0.15) is 0 Å². The van der Waals surface area contributed by atoms with Crippen LogP contribution in [0.2, 0.25) is 0 Å². The summed E-state index contributed by atoms with van der Waals surface area (Å²) in [5.41, 5.74) is 0. The molecule has 0 radical (unpaired) electrons. The Bertz CT molecular complexity index is 541. The lowest BCUT2D eigenvalue weighted by Gasteiger charge is -2.40. The van der Waals surface area contributed by atoms with E-state index >= 15 is 0 Å². The fourth-order valence-electron chi connectivity index (χ4n) is 3.63. The van der Waals surface area contributed by atoms with Crippen molar-refractivity contribution in [3.8, 4) is 0 Å². The van der Waals surface area contributed by atoms with Crippen LogP contribution in [0.3, 0.4) is 0 Å². The van der Waals surface area contributed by atoms with Gasteiger partial charge in [-0.1, -0.05) is 20.8 Å². The second-order valence-corrected chi connectivity index (χ2v) is 7.16. The van der Waals surface area contributed by atoms with Gasteiger partial charge in [-0.3, -0.25) is 10.1 Å². The fourth-order valence-corrected chi connectivity index (χ4v) is 3.63. The van der Waals surface area contributed by atoms with Gasteiger partial charge >= 0.3 is 6.03 Å². The number of amides is 3. The van der Waals surface area contributed by atoms with Crippen molar-refractivity contribution in [3.05, 3.63) is 0 Å². The van der Waals surface area contributed by atoms with Crippen molar-refractivity contribution in [2.45, 2.75) is 33.0 Å². The van der Waals surface area contributed by atoms with Crippen molar-refractivity contribution >= 4 is 17.9 Å². The number of nitrogens with one attached hydrogen (secondary N) is 1. The van der Waals surface area contributed by atoms with Gasteiger partial charge in [0.2, 0.25) is 0 Å². The van der Waals surface area contributed by atoms with Crippen molar-refractivity contribution in [2.24, 2.45) is 10.9 Å². The van der Waals surface area contributed by atoms with E-state index in [2.05, 4.69) is 40.8 Å². The van der Waals surface area contributed by atoms with Crippen LogP contribution in [0, 0.1) is 5.92 Å². The average molecular weight is 336 g/mol. The van der Waals surface area contributed by atoms with Gasteiger partial charge in [0.1, 0.15) is 0 Å². The highest BCUT2D eigenvalue weighted by atomic mass is 16.2. The molecule has 0 bridgehead atoms. The van der Waals surface area contributed by atoms with Crippen LogP contribution in [0.25, 0.3) is 0 Å². The molecule has 0 aromatic heterocycles. The molecule has 1 N–H and O–H groups in total. The molecule has 0 saturated carbocycles. The molecule has 0 aromatic rings. The normalized spacial score (nSPS) is 28.4. The molecule has 3 aliphatic rings. The third-order valence-electron chi connectivity index (χ3n) is 5.00. The number of aliphatic imine (C=N–C) groups is 1. The van der Waals surface area contributed by atoms with Crippen LogP contribution < -0.4 is 5.32 Å². The average Bonchev–Trinajstić information content (AvgIpc) is 2.92. The Hall–Kier alpha value is -1.83. The van der Waals surface area contributed by atoms with E-state index in [1.165, 1.54) is 4.90 Å². The topological polar surface area (TPSA) is 71.5 Å². The molecule has 0 aromatic carbocycles. The largest absolute Gasteiger partial charge is 0.340 e. The number of nitrogens with zero attached hydrogens (tertiary/aromatic N) is 5. The zero-order chi connectivity index (χ0) is 17.4. The summed E-state index contributed by atoms with van der Waals surface area (Å²) in [5, 5.41) is 2.45. The van der Waals surface area contributed by atoms with Crippen molar-refractivity contribution in [2.75, 3.05) is 46.3 Å². The highest BCUT2D eigenvalue weighted by Gasteiger charge is 2.49. The van der Waals surface area contributed by atoms with Gasteiger partial charge < -0.3 is 19.6 Å². The molecule has 2 saturated heterocycles. The number of imide groups is 1. The number of rotatable bonds is 3. The summed E-state index contributed by atoms with van der Waals surface area (Å²) in [5.74, 6) is 1.03. The number of guanidine groups is 1. The van der Waals surface area contributed by atoms with Crippen molar-refractivity contribution in [1.29, 1.82) is 0 Å². The van der Waals surface area contributed by atoms with Gasteiger partial charge in [0.05, 0.1) is 0 Å². The molecule has 2 unspecified atom stereocenters. The van der Waals surface area contributed by atoms with E-state index in [4.69, 9.17) is 4.99 Å². The molecule has 2 fully saturated rings. The molecule has 8 nitrogen and oxygen atoms in total. The molecule has 134 valence electrons. The Balaban J connectivity index is 1.85. The van der Waals surface area contributed by atoms with Crippen molar-refractivity contribution < 1.29 is 9.59 Å². The lowest BCUT2D eigenvalue weighted by atomic mass is 10.1. The van der Waals surface area contributed by atoms with Gasteiger partial charge in [-0.25, -0.2) is 9.79 Å². The monoisotopic (exact) mass is 336 g/mol. The molecule has 3 aliphatic heterocycles. The third kappa shape index (κ3) is 2.94. The molecule has 0 spiro atoms. The first kappa shape index (κ1) is 17.0. The number of hydrogen-bond acceptors (Lipinski definition) is 6. The standard InChI is InChI=1S/C16H28N6O2/c1-5-20-6-8-21(9-7-20)15-17-13-12(22(15)10-11(2)3)14(23)18-16(24)19(13)4/h11-13H,5-10H2,1-4H3,(H,18,23,24). The van der Waals surface area contributed by atoms with E-state index in [0.717, 1.165) is 45.2 Å². The third-order valence-corrected chi connectivity index (χ3v) is 5.00. The minimum Gasteiger partial charge on any atom is -0.340 e. The highest BCUT2D eigenvalue weighted by molar-refractivity contribution is 6.03. The van der Waals surface area contributed by atoms with E-state index in [-0.39, 0.29) is 11.9 Å². The number of piperazine rings is 1. The molecule has 0 aliphatic carbocycles. The highest BCUT2D eigenvalue weighted by Crippen LogP contribution is 2.26. The first-order chi connectivity index (χ1) is 11.4. The maximum absolute atomic E-state index is 12.4. The maximum atomic E-state index is 12.4. The fraction of sp³-hybridized carbons (Fsp3) is 0.812. The first-order valence-corrected chi connectivity index (χ1v) is 8.81. The predicted octanol–water partition coefficient (Wildman–Crippen LogP) is -0.172. The molecule has 24 heavy (non-hydrogen) atoms. The Morgan fingerprint density at radius 3 is 2.46 bits per heavy atom. The number of urea groups is 1. The quantitative estimate of drug-likeness (QED) is 0.775. The Kier molecular flexibility index (Phi) is 4.67. The SMILES string of the molecule is CCN1CCN(C2=NC3C(C(=O)NC(=O)N3C)N2CC(C)C)CC1. The van der Waals surface area contributed by atoms with Gasteiger partial charge in [0.25, 0.3) is 5.91 Å². The zero-order valence-corrected chi connectivity index (χ0v) is 15.0. The van der Waals surface area contributed by atoms with E-state index in [9.17, 15) is 9.59 Å². The van der Waals surface area contributed by atoms with Crippen molar-refractivity contribution in [1.82, 2.24) is 24.9 Å². The molecular weight excluding hydrogens is 308 g/mol. The van der Waals surface area contributed by atoms with Crippen LogP contribution in [0.4, 0.5) is 4.79 Å². The van der Waals surface area contributed by atoms with E-state index < -0.39 is 12.2 Å². The summed E-state index contributed by atoms with van der Waals surface area (Å²) >= 11 is 0. The zero-order valence-electron chi connectivity index (χ0n) is 15.0. The second-order valence-electron chi connectivity index (χ2n) is 7.16. The first-order valence-electron chi connectivity index (χ1n) is 8.81. The van der Waals surface area contributed by atoms with Gasteiger partial charge in [0.15, 0.2) is 18.2 Å². The second kappa shape index (κ2) is 6.58. The van der Waals surface area contributed by atoms with Gasteiger partial charge in [0, 0.05) is 39.8 Å².